The Balaban J connectivity index is 2.10. The van der Waals surface area contributed by atoms with Crippen molar-refractivity contribution in [3.8, 4) is 0 Å². The van der Waals surface area contributed by atoms with Crippen molar-refractivity contribution in [3.05, 3.63) is 0 Å². The van der Waals surface area contributed by atoms with E-state index in [0.717, 1.165) is 12.8 Å². The molecule has 0 spiro atoms. The Morgan fingerprint density at radius 1 is 1.03 bits per heavy atom. The Morgan fingerprint density at radius 2 is 1.66 bits per heavy atom. The third kappa shape index (κ3) is 7.93. The topological polar surface area (TPSA) is 171 Å². The monoisotopic (exact) mass is 494 g/mol. The summed E-state index contributed by atoms with van der Waals surface area (Å²) in [7, 11) is 3.13. The van der Waals surface area contributed by atoms with Crippen molar-refractivity contribution in [3.63, 3.8) is 0 Å². The van der Waals surface area contributed by atoms with Gasteiger partial charge < -0.3 is 31.5 Å². The van der Waals surface area contributed by atoms with Crippen molar-refractivity contribution in [2.45, 2.75) is 71.0 Å². The fourth-order valence-corrected chi connectivity index (χ4v) is 3.97. The summed E-state index contributed by atoms with van der Waals surface area (Å²) < 4.78 is 0. The van der Waals surface area contributed by atoms with E-state index in [0.29, 0.717) is 25.8 Å². The fraction of sp³-hybridized carbons (Fsp3) is 0.739. The number of amides is 6. The Hall–Kier alpha value is -3.18. The van der Waals surface area contributed by atoms with Crippen LogP contribution in [0.1, 0.15) is 52.9 Å². The minimum atomic E-state index is -1.11. The van der Waals surface area contributed by atoms with E-state index in [1.54, 1.807) is 34.9 Å². The number of ketones is 1. The first-order chi connectivity index (χ1) is 16.2. The van der Waals surface area contributed by atoms with Gasteiger partial charge in [-0.2, -0.15) is 0 Å². The Morgan fingerprint density at radius 3 is 2.17 bits per heavy atom. The van der Waals surface area contributed by atoms with Gasteiger partial charge in [0.25, 0.3) is 5.91 Å². The highest BCUT2D eigenvalue weighted by molar-refractivity contribution is 6.37. The molecule has 2 fully saturated rings. The normalized spacial score (nSPS) is 19.3. The molecule has 2 unspecified atom stereocenters. The molecule has 2 aliphatic rings. The first kappa shape index (κ1) is 28.1. The summed E-state index contributed by atoms with van der Waals surface area (Å²) in [6.45, 7) is 5.42. The Kier molecular flexibility index (Phi) is 9.22. The molecule has 35 heavy (non-hydrogen) atoms. The number of hydrogen-bond acceptors (Lipinski definition) is 6. The lowest BCUT2D eigenvalue weighted by atomic mass is 9.85. The van der Waals surface area contributed by atoms with Crippen LogP contribution in [0.15, 0.2) is 0 Å². The van der Waals surface area contributed by atoms with E-state index in [1.165, 1.54) is 9.80 Å². The van der Waals surface area contributed by atoms with E-state index < -0.39 is 53.1 Å². The zero-order chi connectivity index (χ0) is 26.5. The molecule has 0 radical (unpaired) electrons. The number of urea groups is 1. The largest absolute Gasteiger partial charge is 0.363 e. The second-order valence-electron chi connectivity index (χ2n) is 10.6. The number of nitrogens with zero attached hydrogens (tertiary/aromatic N) is 2. The maximum absolute atomic E-state index is 13.5. The first-order valence-electron chi connectivity index (χ1n) is 11.9. The minimum absolute atomic E-state index is 0.227. The van der Waals surface area contributed by atoms with Crippen LogP contribution in [0.25, 0.3) is 0 Å². The molecule has 0 aromatic rings. The lowest BCUT2D eigenvalue weighted by molar-refractivity contribution is -0.143. The average Bonchev–Trinajstić information content (AvgIpc) is 3.44. The maximum Gasteiger partial charge on any atom is 0.315 e. The van der Waals surface area contributed by atoms with Crippen LogP contribution in [0.3, 0.4) is 0 Å². The third-order valence-corrected chi connectivity index (χ3v) is 6.27. The molecular weight excluding hydrogens is 456 g/mol. The zero-order valence-electron chi connectivity index (χ0n) is 21.2. The summed E-state index contributed by atoms with van der Waals surface area (Å²) in [6, 6.07) is -3.50. The molecule has 1 aliphatic carbocycles. The van der Waals surface area contributed by atoms with Gasteiger partial charge in [0.05, 0.1) is 12.6 Å². The number of carbonyl (C=O) groups is 6. The van der Waals surface area contributed by atoms with Crippen molar-refractivity contribution in [2.75, 3.05) is 27.2 Å². The molecule has 196 valence electrons. The molecule has 5 N–H and O–H groups in total. The molecule has 0 aromatic carbocycles. The summed E-state index contributed by atoms with van der Waals surface area (Å²) in [5.74, 6) is -2.96. The van der Waals surface area contributed by atoms with Gasteiger partial charge in [0.1, 0.15) is 12.1 Å². The van der Waals surface area contributed by atoms with Crippen molar-refractivity contribution in [1.29, 1.82) is 0 Å². The van der Waals surface area contributed by atoms with Crippen LogP contribution in [0.5, 0.6) is 0 Å². The van der Waals surface area contributed by atoms with Gasteiger partial charge in [0, 0.05) is 20.6 Å². The highest BCUT2D eigenvalue weighted by Gasteiger charge is 2.43. The molecule has 1 aliphatic heterocycles. The van der Waals surface area contributed by atoms with E-state index in [4.69, 9.17) is 5.73 Å². The minimum Gasteiger partial charge on any atom is -0.363 e. The van der Waals surface area contributed by atoms with E-state index in [1.807, 2.05) is 0 Å². The van der Waals surface area contributed by atoms with Crippen LogP contribution in [-0.2, 0) is 24.0 Å². The summed E-state index contributed by atoms with van der Waals surface area (Å²) >= 11 is 0. The van der Waals surface area contributed by atoms with Crippen LogP contribution in [0.2, 0.25) is 0 Å². The van der Waals surface area contributed by atoms with Gasteiger partial charge in [0.2, 0.25) is 23.5 Å². The summed E-state index contributed by atoms with van der Waals surface area (Å²) in [4.78, 5) is 77.2. The molecule has 0 aromatic heterocycles. The molecular formula is C23H38N6O6. The molecule has 2 rings (SSSR count). The first-order valence-corrected chi connectivity index (χ1v) is 11.9. The molecule has 6 amide bonds. The SMILES string of the molecule is CN(C)C(=O)CNC(=O)NC(C(=O)N1CCC[C@H]1C(=O)NC(CC1CC1)C(=O)C(N)=O)C(C)(C)C. The van der Waals surface area contributed by atoms with Crippen molar-refractivity contribution < 1.29 is 28.8 Å². The van der Waals surface area contributed by atoms with E-state index in [2.05, 4.69) is 16.0 Å². The highest BCUT2D eigenvalue weighted by Crippen LogP contribution is 2.34. The van der Waals surface area contributed by atoms with Crippen LogP contribution >= 0.6 is 0 Å². The van der Waals surface area contributed by atoms with Crippen molar-refractivity contribution >= 4 is 35.4 Å². The number of likely N-dealkylation sites (tertiary alicyclic amines) is 1. The summed E-state index contributed by atoms with van der Waals surface area (Å²) in [5, 5.41) is 7.72. The number of nitrogens with two attached hydrogens (primary N) is 1. The Bertz CT molecular complexity index is 863. The van der Waals surface area contributed by atoms with Gasteiger partial charge in [-0.1, -0.05) is 33.6 Å². The zero-order valence-corrected chi connectivity index (χ0v) is 21.2. The number of rotatable bonds is 10. The van der Waals surface area contributed by atoms with E-state index in [9.17, 15) is 28.8 Å². The fourth-order valence-electron chi connectivity index (χ4n) is 3.97. The molecule has 3 atom stereocenters. The van der Waals surface area contributed by atoms with Crippen LogP contribution < -0.4 is 21.7 Å². The second kappa shape index (κ2) is 11.5. The quantitative estimate of drug-likeness (QED) is 0.287. The predicted molar refractivity (Wildman–Crippen MR) is 127 cm³/mol. The lowest BCUT2D eigenvalue weighted by Crippen LogP contribution is -2.60. The number of nitrogens with one attached hydrogen (secondary N) is 3. The van der Waals surface area contributed by atoms with E-state index in [-0.39, 0.29) is 18.4 Å². The Labute approximate surface area is 205 Å². The van der Waals surface area contributed by atoms with Gasteiger partial charge >= 0.3 is 6.03 Å². The molecule has 12 heteroatoms. The number of carbonyl (C=O) groups excluding carboxylic acids is 6. The number of likely N-dealkylation sites (N-methyl/N-ethyl adjacent to an activating group) is 1. The summed E-state index contributed by atoms with van der Waals surface area (Å²) in [6.07, 6.45) is 3.15. The molecule has 1 saturated carbocycles. The third-order valence-electron chi connectivity index (χ3n) is 6.27. The number of hydrogen-bond donors (Lipinski definition) is 4. The second-order valence-corrected chi connectivity index (χ2v) is 10.6. The van der Waals surface area contributed by atoms with Crippen LogP contribution in [0, 0.1) is 11.3 Å². The van der Waals surface area contributed by atoms with Crippen LogP contribution in [0.4, 0.5) is 4.79 Å². The maximum atomic E-state index is 13.5. The van der Waals surface area contributed by atoms with Gasteiger partial charge in [0.15, 0.2) is 0 Å². The van der Waals surface area contributed by atoms with Gasteiger partial charge in [-0.3, -0.25) is 24.0 Å². The van der Waals surface area contributed by atoms with E-state index >= 15 is 0 Å². The molecule has 1 saturated heterocycles. The lowest BCUT2D eigenvalue weighted by Gasteiger charge is -2.35. The summed E-state index contributed by atoms with van der Waals surface area (Å²) in [5.41, 5.74) is 4.46. The van der Waals surface area contributed by atoms with Crippen molar-refractivity contribution in [1.82, 2.24) is 25.8 Å². The van der Waals surface area contributed by atoms with Crippen molar-refractivity contribution in [2.24, 2.45) is 17.1 Å². The smallest absolute Gasteiger partial charge is 0.315 e. The van der Waals surface area contributed by atoms with Gasteiger partial charge in [-0.25, -0.2) is 4.79 Å². The molecule has 0 bridgehead atoms. The standard InChI is InChI=1S/C23H38N6O6/c1-23(2,3)18(27-22(35)25-12-16(30)28(4)5)21(34)29-10-6-7-15(29)20(33)26-14(11-13-8-9-13)17(31)19(24)32/h13-15,18H,6-12H2,1-5H3,(H2,24,32)(H,26,33)(H2,25,27,35)/t14?,15-,18?/m0/s1. The van der Waals surface area contributed by atoms with Gasteiger partial charge in [-0.15, -0.1) is 0 Å². The average molecular weight is 495 g/mol. The number of primary amides is 1. The van der Waals surface area contributed by atoms with Gasteiger partial charge in [-0.05, 0) is 30.6 Å². The van der Waals surface area contributed by atoms with Crippen LogP contribution in [-0.4, -0.2) is 90.6 Å². The number of Topliss-reactive ketones (excluding diaryl/α,β-unsaturated/α-hetero) is 1. The molecule has 1 heterocycles. The highest BCUT2D eigenvalue weighted by atomic mass is 16.2. The molecule has 12 nitrogen and oxygen atoms in total. The predicted octanol–water partition coefficient (Wildman–Crippen LogP) is -0.881.